The van der Waals surface area contributed by atoms with Crippen LogP contribution in [0.4, 0.5) is 9.18 Å². The van der Waals surface area contributed by atoms with Gasteiger partial charge in [-0.15, -0.1) is 0 Å². The van der Waals surface area contributed by atoms with E-state index < -0.39 is 0 Å². The monoisotopic (exact) mass is 320 g/mol. The third kappa shape index (κ3) is 3.03. The Balaban J connectivity index is 1.74. The van der Waals surface area contributed by atoms with E-state index in [0.29, 0.717) is 24.4 Å². The van der Waals surface area contributed by atoms with E-state index in [1.165, 1.54) is 12.1 Å². The van der Waals surface area contributed by atoms with E-state index >= 15 is 0 Å². The van der Waals surface area contributed by atoms with Gasteiger partial charge in [-0.25, -0.2) is 9.18 Å². The number of hydrogen-bond acceptors (Lipinski definition) is 3. The lowest BCUT2D eigenvalue weighted by Gasteiger charge is -2.20. The first-order valence-electron chi connectivity index (χ1n) is 7.84. The number of carbonyl (C=O) groups is 1. The molecule has 5 nitrogen and oxygen atoms in total. The molecule has 0 bridgehead atoms. The number of fused-ring (bicyclic) bond motifs is 1. The molecule has 23 heavy (non-hydrogen) atoms. The number of rotatable bonds is 3. The molecule has 1 aliphatic heterocycles. The number of nitrogens with zero attached hydrogens (tertiary/aromatic N) is 1. The molecule has 2 N–H and O–H groups in total. The normalized spacial score (nSPS) is 19.3. The summed E-state index contributed by atoms with van der Waals surface area (Å²) in [7, 11) is 0. The zero-order chi connectivity index (χ0) is 16.6. The van der Waals surface area contributed by atoms with Gasteiger partial charge in [0, 0.05) is 36.6 Å². The molecule has 3 rings (SSSR count). The van der Waals surface area contributed by atoms with Crippen LogP contribution in [-0.2, 0) is 0 Å². The van der Waals surface area contributed by atoms with Crippen molar-refractivity contribution in [2.24, 2.45) is 5.92 Å². The highest BCUT2D eigenvalue weighted by Gasteiger charge is 2.27. The lowest BCUT2D eigenvalue weighted by molar-refractivity contribution is 0.194. The molecular formula is C17H21FN2O3. The van der Waals surface area contributed by atoms with E-state index in [0.717, 1.165) is 17.4 Å². The molecule has 6 heteroatoms. The molecule has 2 heterocycles. The van der Waals surface area contributed by atoms with Crippen molar-refractivity contribution in [2.45, 2.75) is 26.3 Å². The van der Waals surface area contributed by atoms with Crippen LogP contribution in [0.2, 0.25) is 0 Å². The molecule has 2 amide bonds. The second-order valence-corrected chi connectivity index (χ2v) is 6.19. The van der Waals surface area contributed by atoms with Crippen LogP contribution in [0.15, 0.2) is 22.6 Å². The van der Waals surface area contributed by atoms with Crippen LogP contribution in [0.5, 0.6) is 0 Å². The third-order valence-electron chi connectivity index (χ3n) is 4.50. The summed E-state index contributed by atoms with van der Waals surface area (Å²) in [4.78, 5) is 14.0. The van der Waals surface area contributed by atoms with Crippen molar-refractivity contribution in [3.63, 3.8) is 0 Å². The molecule has 1 aliphatic rings. The molecular weight excluding hydrogens is 299 g/mol. The highest BCUT2D eigenvalue weighted by Crippen LogP contribution is 2.30. The number of furan rings is 1. The Kier molecular flexibility index (Phi) is 4.26. The number of aryl methyl sites for hydroxylation is 1. The largest absolute Gasteiger partial charge is 0.459 e. The highest BCUT2D eigenvalue weighted by molar-refractivity contribution is 5.82. The Morgan fingerprint density at radius 3 is 3.04 bits per heavy atom. The molecule has 1 aromatic carbocycles. The van der Waals surface area contributed by atoms with Crippen molar-refractivity contribution >= 4 is 17.0 Å². The van der Waals surface area contributed by atoms with E-state index in [1.54, 1.807) is 11.0 Å². The number of aliphatic hydroxyl groups excluding tert-OH is 1. The van der Waals surface area contributed by atoms with Gasteiger partial charge in [0.05, 0.1) is 6.04 Å². The molecule has 2 aromatic rings. The summed E-state index contributed by atoms with van der Waals surface area (Å²) < 4.78 is 19.2. The number of nitrogens with one attached hydrogen (secondary N) is 1. The van der Waals surface area contributed by atoms with Gasteiger partial charge >= 0.3 is 6.03 Å². The molecule has 2 unspecified atom stereocenters. The molecule has 124 valence electrons. The van der Waals surface area contributed by atoms with E-state index in [-0.39, 0.29) is 30.4 Å². The van der Waals surface area contributed by atoms with Crippen LogP contribution in [0.1, 0.15) is 30.7 Å². The van der Waals surface area contributed by atoms with Crippen LogP contribution < -0.4 is 5.32 Å². The lowest BCUT2D eigenvalue weighted by atomic mass is 10.1. The third-order valence-corrected chi connectivity index (χ3v) is 4.50. The fourth-order valence-corrected chi connectivity index (χ4v) is 3.13. The summed E-state index contributed by atoms with van der Waals surface area (Å²) in [5.74, 6) is 0.487. The first kappa shape index (κ1) is 15.8. The number of hydrogen-bond donors (Lipinski definition) is 2. The summed E-state index contributed by atoms with van der Waals surface area (Å²) in [6.07, 6.45) is 0.821. The van der Waals surface area contributed by atoms with Crippen molar-refractivity contribution in [1.82, 2.24) is 10.2 Å². The van der Waals surface area contributed by atoms with Gasteiger partial charge in [-0.05, 0) is 38.5 Å². The number of aliphatic hydroxyl groups is 1. The number of urea groups is 1. The van der Waals surface area contributed by atoms with Crippen molar-refractivity contribution in [3.8, 4) is 0 Å². The Labute approximate surface area is 134 Å². The minimum Gasteiger partial charge on any atom is -0.459 e. The van der Waals surface area contributed by atoms with Crippen LogP contribution in [0, 0.1) is 18.7 Å². The lowest BCUT2D eigenvalue weighted by Crippen LogP contribution is -2.39. The summed E-state index contributed by atoms with van der Waals surface area (Å²) in [6.45, 7) is 5.03. The van der Waals surface area contributed by atoms with E-state index in [9.17, 15) is 9.18 Å². The van der Waals surface area contributed by atoms with Crippen molar-refractivity contribution in [3.05, 3.63) is 35.3 Å². The zero-order valence-corrected chi connectivity index (χ0v) is 13.3. The summed E-state index contributed by atoms with van der Waals surface area (Å²) >= 11 is 0. The van der Waals surface area contributed by atoms with Crippen LogP contribution in [0.25, 0.3) is 11.0 Å². The van der Waals surface area contributed by atoms with Gasteiger partial charge in [-0.2, -0.15) is 0 Å². The number of amides is 2. The Hall–Kier alpha value is -2.08. The Bertz CT molecular complexity index is 728. The number of benzene rings is 1. The maximum atomic E-state index is 13.4. The summed E-state index contributed by atoms with van der Waals surface area (Å²) in [5, 5.41) is 12.8. The average molecular weight is 320 g/mol. The second kappa shape index (κ2) is 6.20. The smallest absolute Gasteiger partial charge is 0.317 e. The average Bonchev–Trinajstić information content (AvgIpc) is 3.13. The van der Waals surface area contributed by atoms with Crippen LogP contribution in [0.3, 0.4) is 0 Å². The van der Waals surface area contributed by atoms with Crippen molar-refractivity contribution < 1.29 is 18.7 Å². The van der Waals surface area contributed by atoms with Gasteiger partial charge in [-0.3, -0.25) is 0 Å². The van der Waals surface area contributed by atoms with Gasteiger partial charge in [0.2, 0.25) is 0 Å². The first-order chi connectivity index (χ1) is 11.0. The Morgan fingerprint density at radius 1 is 1.57 bits per heavy atom. The van der Waals surface area contributed by atoms with E-state index in [4.69, 9.17) is 9.52 Å². The maximum Gasteiger partial charge on any atom is 0.317 e. The summed E-state index contributed by atoms with van der Waals surface area (Å²) in [6, 6.07) is 3.92. The minimum absolute atomic E-state index is 0.105. The molecule has 0 saturated carbocycles. The molecule has 0 radical (unpaired) electrons. The molecule has 1 aromatic heterocycles. The minimum atomic E-state index is -0.314. The van der Waals surface area contributed by atoms with Gasteiger partial charge in [-0.1, -0.05) is 0 Å². The van der Waals surface area contributed by atoms with Crippen LogP contribution >= 0.6 is 0 Å². The summed E-state index contributed by atoms with van der Waals surface area (Å²) in [5.41, 5.74) is 1.45. The topological polar surface area (TPSA) is 65.7 Å². The number of halogens is 1. The molecule has 2 atom stereocenters. The quantitative estimate of drug-likeness (QED) is 0.914. The van der Waals surface area contributed by atoms with Gasteiger partial charge in [0.25, 0.3) is 0 Å². The SMILES string of the molecule is Cc1c(C(C)NC(=O)N2CCC(CO)C2)oc2ccc(F)cc12. The number of carbonyl (C=O) groups excluding carboxylic acids is 1. The van der Waals surface area contributed by atoms with E-state index in [2.05, 4.69) is 5.32 Å². The first-order valence-corrected chi connectivity index (χ1v) is 7.84. The van der Waals surface area contributed by atoms with E-state index in [1.807, 2.05) is 13.8 Å². The van der Waals surface area contributed by atoms with Gasteiger partial charge in [0.15, 0.2) is 0 Å². The molecule has 0 spiro atoms. The van der Waals surface area contributed by atoms with Crippen molar-refractivity contribution in [2.75, 3.05) is 19.7 Å². The highest BCUT2D eigenvalue weighted by atomic mass is 19.1. The molecule has 1 fully saturated rings. The van der Waals surface area contributed by atoms with Crippen molar-refractivity contribution in [1.29, 1.82) is 0 Å². The molecule has 0 aliphatic carbocycles. The Morgan fingerprint density at radius 2 is 2.35 bits per heavy atom. The second-order valence-electron chi connectivity index (χ2n) is 6.19. The predicted molar refractivity (Wildman–Crippen MR) is 84.6 cm³/mol. The number of likely N-dealkylation sites (tertiary alicyclic amines) is 1. The molecule has 1 saturated heterocycles. The fourth-order valence-electron chi connectivity index (χ4n) is 3.13. The van der Waals surface area contributed by atoms with Crippen LogP contribution in [-0.4, -0.2) is 35.7 Å². The standard InChI is InChI=1S/C17H21FN2O3/c1-10-14-7-13(18)3-4-15(14)23-16(10)11(2)19-17(22)20-6-5-12(8-20)9-21/h3-4,7,11-12,21H,5-6,8-9H2,1-2H3,(H,19,22). The van der Waals surface area contributed by atoms with Gasteiger partial charge in [0.1, 0.15) is 17.2 Å². The zero-order valence-electron chi connectivity index (χ0n) is 13.3. The fraction of sp³-hybridized carbons (Fsp3) is 0.471. The van der Waals surface area contributed by atoms with Gasteiger partial charge < -0.3 is 19.7 Å². The predicted octanol–water partition coefficient (Wildman–Crippen LogP) is 2.97. The maximum absolute atomic E-state index is 13.4.